The number of likely N-dealkylation sites (N-methyl/N-ethyl adjacent to an activating group) is 1. The number of nitrogens with zero attached hydrogens (tertiary/aromatic N) is 2. The van der Waals surface area contributed by atoms with E-state index in [1.165, 1.54) is 0 Å². The van der Waals surface area contributed by atoms with Gasteiger partial charge in [0.15, 0.2) is 5.78 Å². The standard InChI is InChI=1S/C21H26N2O3/c1-4-10-11-8-13-18-21(9-14(16(11)19(21)24)23(13)20(10)25)12-6-5-7-15(26-3)17(12)22(18)2/h5-7,10-11,13-14,16,18,20,25H,4,8-9H2,1-3H3. The third-order valence-corrected chi connectivity index (χ3v) is 8.48. The Balaban J connectivity index is 1.60. The normalized spacial score (nSPS) is 49.5. The SMILES string of the molecule is CCC1C2CC3C4N(C)c5c(OC)cccc5C45CC(C2C5=O)N3C1O. The van der Waals surface area contributed by atoms with Crippen molar-refractivity contribution in [2.24, 2.45) is 17.8 Å². The lowest BCUT2D eigenvalue weighted by Crippen LogP contribution is -2.72. The fraction of sp³-hybridized carbons (Fsp3) is 0.667. The predicted octanol–water partition coefficient (Wildman–Crippen LogP) is 1.77. The van der Waals surface area contributed by atoms with Gasteiger partial charge in [0.25, 0.3) is 0 Å². The van der Waals surface area contributed by atoms with Crippen LogP contribution in [0.2, 0.25) is 0 Å². The highest BCUT2D eigenvalue weighted by atomic mass is 16.5. The molecule has 9 atom stereocenters. The smallest absolute Gasteiger partial charge is 0.150 e. The number of aliphatic hydroxyl groups excluding tert-OH is 1. The number of Topliss-reactive ketones (excluding diaryl/α,β-unsaturated/α-hetero) is 1. The molecule has 0 amide bonds. The summed E-state index contributed by atoms with van der Waals surface area (Å²) in [5, 5.41) is 11.1. The zero-order chi connectivity index (χ0) is 18.0. The summed E-state index contributed by atoms with van der Waals surface area (Å²) >= 11 is 0. The van der Waals surface area contributed by atoms with Crippen molar-refractivity contribution in [2.75, 3.05) is 19.1 Å². The van der Waals surface area contributed by atoms with Crippen LogP contribution in [0.5, 0.6) is 5.75 Å². The van der Waals surface area contributed by atoms with Crippen LogP contribution in [0.4, 0.5) is 5.69 Å². The van der Waals surface area contributed by atoms with Gasteiger partial charge in [-0.05, 0) is 36.8 Å². The van der Waals surface area contributed by atoms with Crippen molar-refractivity contribution in [3.8, 4) is 5.75 Å². The molecule has 1 aromatic carbocycles. The Labute approximate surface area is 153 Å². The molecule has 0 aromatic heterocycles. The lowest BCUT2D eigenvalue weighted by Gasteiger charge is -2.62. The van der Waals surface area contributed by atoms with E-state index in [0.29, 0.717) is 11.7 Å². The first kappa shape index (κ1) is 15.5. The quantitative estimate of drug-likeness (QED) is 0.877. The molecule has 5 fully saturated rings. The molecule has 5 heteroatoms. The van der Waals surface area contributed by atoms with Crippen molar-refractivity contribution in [1.82, 2.24) is 4.90 Å². The molecular weight excluding hydrogens is 328 g/mol. The molecule has 1 spiro atoms. The minimum Gasteiger partial charge on any atom is -0.495 e. The van der Waals surface area contributed by atoms with E-state index in [4.69, 9.17) is 4.74 Å². The summed E-state index contributed by atoms with van der Waals surface area (Å²) in [4.78, 5) is 18.6. The molecule has 5 aliphatic heterocycles. The second kappa shape index (κ2) is 4.63. The van der Waals surface area contributed by atoms with E-state index >= 15 is 0 Å². The van der Waals surface area contributed by atoms with Gasteiger partial charge in [-0.15, -0.1) is 0 Å². The molecule has 26 heavy (non-hydrogen) atoms. The first-order valence-corrected chi connectivity index (χ1v) is 9.96. The van der Waals surface area contributed by atoms with Gasteiger partial charge in [0.1, 0.15) is 12.0 Å². The molecule has 6 aliphatic rings. The Morgan fingerprint density at radius 1 is 1.35 bits per heavy atom. The van der Waals surface area contributed by atoms with E-state index in [1.54, 1.807) is 7.11 Å². The molecule has 1 saturated carbocycles. The van der Waals surface area contributed by atoms with Crippen molar-refractivity contribution < 1.29 is 14.6 Å². The highest BCUT2D eigenvalue weighted by Gasteiger charge is 2.76. The Morgan fingerprint density at radius 3 is 2.88 bits per heavy atom. The van der Waals surface area contributed by atoms with E-state index in [9.17, 15) is 9.90 Å². The second-order valence-electron chi connectivity index (χ2n) is 8.94. The van der Waals surface area contributed by atoms with Gasteiger partial charge in [0.05, 0.1) is 24.3 Å². The number of hydrogen-bond acceptors (Lipinski definition) is 5. The maximum Gasteiger partial charge on any atom is 0.150 e. The lowest BCUT2D eigenvalue weighted by atomic mass is 9.62. The van der Waals surface area contributed by atoms with Crippen molar-refractivity contribution >= 4 is 11.5 Å². The molecule has 1 N–H and O–H groups in total. The second-order valence-corrected chi connectivity index (χ2v) is 8.94. The van der Waals surface area contributed by atoms with Crippen LogP contribution in [-0.4, -0.2) is 54.3 Å². The van der Waals surface area contributed by atoms with Gasteiger partial charge >= 0.3 is 0 Å². The molecule has 7 rings (SSSR count). The number of carbonyl (C=O) groups excluding carboxylic acids is 1. The van der Waals surface area contributed by atoms with Gasteiger partial charge in [-0.1, -0.05) is 19.1 Å². The zero-order valence-electron chi connectivity index (χ0n) is 15.6. The van der Waals surface area contributed by atoms with Gasteiger partial charge in [0.2, 0.25) is 0 Å². The molecule has 1 aliphatic carbocycles. The van der Waals surface area contributed by atoms with Gasteiger partial charge in [-0.3, -0.25) is 9.69 Å². The molecule has 4 saturated heterocycles. The molecule has 9 unspecified atom stereocenters. The van der Waals surface area contributed by atoms with E-state index in [0.717, 1.165) is 36.3 Å². The fourth-order valence-corrected chi connectivity index (χ4v) is 7.81. The van der Waals surface area contributed by atoms with Crippen LogP contribution in [0.15, 0.2) is 18.2 Å². The van der Waals surface area contributed by atoms with Crippen molar-refractivity contribution in [3.63, 3.8) is 0 Å². The fourth-order valence-electron chi connectivity index (χ4n) is 7.81. The van der Waals surface area contributed by atoms with Crippen LogP contribution in [-0.2, 0) is 10.2 Å². The molecule has 1 aromatic rings. The summed E-state index contributed by atoms with van der Waals surface area (Å²) < 4.78 is 5.65. The zero-order valence-corrected chi connectivity index (χ0v) is 15.6. The maximum absolute atomic E-state index is 13.9. The van der Waals surface area contributed by atoms with E-state index in [2.05, 4.69) is 29.8 Å². The number of ether oxygens (including phenoxy) is 1. The average molecular weight is 354 g/mol. The third-order valence-electron chi connectivity index (χ3n) is 8.48. The first-order chi connectivity index (χ1) is 12.6. The number of rotatable bonds is 2. The summed E-state index contributed by atoms with van der Waals surface area (Å²) in [5.41, 5.74) is 1.84. The van der Waals surface area contributed by atoms with Crippen LogP contribution in [0, 0.1) is 17.8 Å². The van der Waals surface area contributed by atoms with Gasteiger partial charge in [-0.2, -0.15) is 0 Å². The van der Waals surface area contributed by atoms with Crippen LogP contribution < -0.4 is 9.64 Å². The van der Waals surface area contributed by atoms with Crippen LogP contribution in [0.25, 0.3) is 0 Å². The lowest BCUT2D eigenvalue weighted by molar-refractivity contribution is -0.207. The van der Waals surface area contributed by atoms with Gasteiger partial charge < -0.3 is 14.7 Å². The molecule has 5 nitrogen and oxygen atoms in total. The number of methoxy groups -OCH3 is 1. The summed E-state index contributed by atoms with van der Waals surface area (Å²) in [7, 11) is 3.81. The molecule has 138 valence electrons. The number of piperidine rings is 4. The van der Waals surface area contributed by atoms with Crippen molar-refractivity contribution in [1.29, 1.82) is 0 Å². The third kappa shape index (κ3) is 1.34. The molecule has 0 radical (unpaired) electrons. The largest absolute Gasteiger partial charge is 0.495 e. The number of hydrogen-bond donors (Lipinski definition) is 1. The van der Waals surface area contributed by atoms with Gasteiger partial charge in [-0.25, -0.2) is 0 Å². The number of aliphatic hydroxyl groups is 1. The summed E-state index contributed by atoms with van der Waals surface area (Å²) in [6, 6.07) is 6.74. The Morgan fingerprint density at radius 2 is 2.15 bits per heavy atom. The predicted molar refractivity (Wildman–Crippen MR) is 97.3 cm³/mol. The maximum atomic E-state index is 13.9. The average Bonchev–Trinajstić information content (AvgIpc) is 3.03. The first-order valence-electron chi connectivity index (χ1n) is 9.96. The molecule has 5 bridgehead atoms. The van der Waals surface area contributed by atoms with E-state index < -0.39 is 11.6 Å². The summed E-state index contributed by atoms with van der Waals surface area (Å²) in [6.45, 7) is 2.15. The molecular formula is C21H26N2O3. The Hall–Kier alpha value is -1.59. The highest BCUT2D eigenvalue weighted by Crippen LogP contribution is 2.68. The monoisotopic (exact) mass is 354 g/mol. The molecule has 5 heterocycles. The summed E-state index contributed by atoms with van der Waals surface area (Å²) in [5.74, 6) is 1.96. The van der Waals surface area contributed by atoms with Gasteiger partial charge in [0, 0.05) is 31.0 Å². The topological polar surface area (TPSA) is 53.0 Å². The number of fused-ring (bicyclic) bond motifs is 2. The number of ketones is 1. The van der Waals surface area contributed by atoms with Crippen molar-refractivity contribution in [3.05, 3.63) is 23.8 Å². The number of anilines is 1. The minimum atomic E-state index is -0.410. The highest BCUT2D eigenvalue weighted by molar-refractivity contribution is 6.02. The van der Waals surface area contributed by atoms with Crippen LogP contribution >= 0.6 is 0 Å². The Kier molecular flexibility index (Phi) is 2.75. The minimum absolute atomic E-state index is 0.0927. The van der Waals surface area contributed by atoms with Crippen LogP contribution in [0.1, 0.15) is 31.7 Å². The van der Waals surface area contributed by atoms with E-state index in [-0.39, 0.29) is 30.0 Å². The number of para-hydroxylation sites is 1. The summed E-state index contributed by atoms with van der Waals surface area (Å²) in [6.07, 6.45) is 2.44. The van der Waals surface area contributed by atoms with Crippen molar-refractivity contribution in [2.45, 2.75) is 56.0 Å². The van der Waals surface area contributed by atoms with Crippen LogP contribution in [0.3, 0.4) is 0 Å². The van der Waals surface area contributed by atoms with E-state index in [1.807, 2.05) is 12.1 Å². The number of benzene rings is 1. The Bertz CT molecular complexity index is 825. The number of carbonyl (C=O) groups is 1.